The Bertz CT molecular complexity index is 398. The minimum Gasteiger partial charge on any atom is -0.467 e. The average molecular weight is 239 g/mol. The highest BCUT2D eigenvalue weighted by Crippen LogP contribution is 2.27. The zero-order valence-electron chi connectivity index (χ0n) is 9.58. The van der Waals surface area contributed by atoms with Crippen LogP contribution in [0.3, 0.4) is 0 Å². The second-order valence-corrected chi connectivity index (χ2v) is 3.44. The van der Waals surface area contributed by atoms with Gasteiger partial charge in [0, 0.05) is 0 Å². The number of nitrogens with zero attached hydrogens (tertiary/aromatic N) is 1. The molecule has 0 fully saturated rings. The molecule has 0 aliphatic carbocycles. The number of rotatable bonds is 6. The molecule has 6 heteroatoms. The lowest BCUT2D eigenvalue weighted by atomic mass is 9.96. The van der Waals surface area contributed by atoms with E-state index in [-0.39, 0.29) is 12.4 Å². The number of Topliss-reactive ketones (excluding diaryl/α,β-unsaturated/α-hetero) is 1. The summed E-state index contributed by atoms with van der Waals surface area (Å²) < 4.78 is 9.57. The van der Waals surface area contributed by atoms with E-state index in [1.165, 1.54) is 19.3 Å². The lowest BCUT2D eigenvalue weighted by molar-refractivity contribution is -0.155. The van der Waals surface area contributed by atoms with Crippen LogP contribution in [0.1, 0.15) is 25.6 Å². The number of ketones is 1. The van der Waals surface area contributed by atoms with Crippen molar-refractivity contribution in [3.63, 3.8) is 0 Å². The Kier molecular flexibility index (Phi) is 4.56. The molecule has 0 amide bonds. The Morgan fingerprint density at radius 1 is 1.53 bits per heavy atom. The number of furan rings is 1. The topological polar surface area (TPSA) is 85.9 Å². The summed E-state index contributed by atoms with van der Waals surface area (Å²) in [5, 5.41) is 2.82. The third-order valence-electron chi connectivity index (χ3n) is 2.31. The van der Waals surface area contributed by atoms with Crippen LogP contribution in [-0.2, 0) is 14.3 Å². The van der Waals surface area contributed by atoms with Crippen LogP contribution >= 0.6 is 0 Å². The van der Waals surface area contributed by atoms with E-state index in [2.05, 4.69) is 9.91 Å². The molecule has 1 rings (SSSR count). The Labute approximate surface area is 97.9 Å². The SMILES string of the molecule is CCOC(=O)C(=O)C(C)C(N=O)c1ccco1. The first-order valence-electron chi connectivity index (χ1n) is 5.18. The van der Waals surface area contributed by atoms with Crippen molar-refractivity contribution in [2.75, 3.05) is 6.61 Å². The summed E-state index contributed by atoms with van der Waals surface area (Å²) in [5.41, 5.74) is 0. The third-order valence-corrected chi connectivity index (χ3v) is 2.31. The fourth-order valence-electron chi connectivity index (χ4n) is 1.38. The van der Waals surface area contributed by atoms with Gasteiger partial charge in [-0.05, 0) is 19.1 Å². The Morgan fingerprint density at radius 3 is 2.71 bits per heavy atom. The van der Waals surface area contributed by atoms with Gasteiger partial charge in [-0.2, -0.15) is 4.91 Å². The number of carbonyl (C=O) groups is 2. The number of hydrogen-bond donors (Lipinski definition) is 0. The fraction of sp³-hybridized carbons (Fsp3) is 0.455. The van der Waals surface area contributed by atoms with E-state index in [0.717, 1.165) is 0 Å². The van der Waals surface area contributed by atoms with Gasteiger partial charge < -0.3 is 9.15 Å². The maximum absolute atomic E-state index is 11.6. The van der Waals surface area contributed by atoms with Gasteiger partial charge in [-0.15, -0.1) is 0 Å². The van der Waals surface area contributed by atoms with Crippen LogP contribution in [0.2, 0.25) is 0 Å². The van der Waals surface area contributed by atoms with Crippen LogP contribution in [0.25, 0.3) is 0 Å². The van der Waals surface area contributed by atoms with Crippen molar-refractivity contribution in [1.29, 1.82) is 0 Å². The lowest BCUT2D eigenvalue weighted by Gasteiger charge is -2.13. The molecule has 2 atom stereocenters. The van der Waals surface area contributed by atoms with Gasteiger partial charge in [-0.1, -0.05) is 12.1 Å². The average Bonchev–Trinajstić information content (AvgIpc) is 2.83. The van der Waals surface area contributed by atoms with Crippen molar-refractivity contribution in [1.82, 2.24) is 0 Å². The fourth-order valence-corrected chi connectivity index (χ4v) is 1.38. The molecule has 0 radical (unpaired) electrons. The predicted molar refractivity (Wildman–Crippen MR) is 58.0 cm³/mol. The summed E-state index contributed by atoms with van der Waals surface area (Å²) in [6.45, 7) is 3.14. The zero-order valence-corrected chi connectivity index (χ0v) is 9.58. The number of nitroso groups, excluding NO2 is 1. The molecule has 0 spiro atoms. The molecule has 92 valence electrons. The van der Waals surface area contributed by atoms with Crippen molar-refractivity contribution in [2.24, 2.45) is 11.1 Å². The zero-order chi connectivity index (χ0) is 12.8. The van der Waals surface area contributed by atoms with Crippen molar-refractivity contribution >= 4 is 11.8 Å². The van der Waals surface area contributed by atoms with E-state index in [4.69, 9.17) is 4.42 Å². The predicted octanol–water partition coefficient (Wildman–Crippen LogP) is 1.86. The van der Waals surface area contributed by atoms with E-state index in [0.29, 0.717) is 0 Å². The summed E-state index contributed by atoms with van der Waals surface area (Å²) in [6.07, 6.45) is 1.37. The molecular formula is C11H13NO5. The van der Waals surface area contributed by atoms with Gasteiger partial charge in [0.2, 0.25) is 5.78 Å². The van der Waals surface area contributed by atoms with Gasteiger partial charge in [-0.25, -0.2) is 4.79 Å². The van der Waals surface area contributed by atoms with Crippen molar-refractivity contribution in [3.05, 3.63) is 29.1 Å². The molecular weight excluding hydrogens is 226 g/mol. The molecule has 6 nitrogen and oxygen atoms in total. The van der Waals surface area contributed by atoms with E-state index in [1.807, 2.05) is 0 Å². The number of esters is 1. The second-order valence-electron chi connectivity index (χ2n) is 3.44. The van der Waals surface area contributed by atoms with E-state index >= 15 is 0 Å². The standard InChI is InChI=1S/C11H13NO5/c1-3-16-11(14)10(13)7(2)9(12-15)8-5-4-6-17-8/h4-7,9H,3H2,1-2H3. The number of hydrogen-bond acceptors (Lipinski definition) is 6. The van der Waals surface area contributed by atoms with Crippen LogP contribution in [0.4, 0.5) is 0 Å². The molecule has 0 saturated heterocycles. The smallest absolute Gasteiger partial charge is 0.374 e. The molecule has 2 unspecified atom stereocenters. The Hall–Kier alpha value is -1.98. The molecule has 1 aromatic heterocycles. The summed E-state index contributed by atoms with van der Waals surface area (Å²) >= 11 is 0. The van der Waals surface area contributed by atoms with Crippen LogP contribution in [-0.4, -0.2) is 18.4 Å². The van der Waals surface area contributed by atoms with Crippen LogP contribution in [0.15, 0.2) is 28.0 Å². The van der Waals surface area contributed by atoms with E-state index in [9.17, 15) is 14.5 Å². The van der Waals surface area contributed by atoms with Crippen molar-refractivity contribution < 1.29 is 18.7 Å². The summed E-state index contributed by atoms with van der Waals surface area (Å²) in [4.78, 5) is 33.6. The summed E-state index contributed by atoms with van der Waals surface area (Å²) in [6, 6.07) is 2.10. The highest BCUT2D eigenvalue weighted by Gasteiger charge is 2.33. The summed E-state index contributed by atoms with van der Waals surface area (Å²) in [5.74, 6) is -2.39. The Balaban J connectivity index is 2.80. The van der Waals surface area contributed by atoms with Gasteiger partial charge in [0.15, 0.2) is 6.04 Å². The van der Waals surface area contributed by atoms with Gasteiger partial charge in [0.05, 0.1) is 18.8 Å². The molecule has 0 aliphatic heterocycles. The first kappa shape index (κ1) is 13.1. The first-order chi connectivity index (χ1) is 8.11. The van der Waals surface area contributed by atoms with Crippen LogP contribution in [0, 0.1) is 10.8 Å². The number of ether oxygens (including phenoxy) is 1. The summed E-state index contributed by atoms with van der Waals surface area (Å²) in [7, 11) is 0. The minimum absolute atomic E-state index is 0.108. The Morgan fingerprint density at radius 2 is 2.24 bits per heavy atom. The maximum atomic E-state index is 11.6. The van der Waals surface area contributed by atoms with Crippen molar-refractivity contribution in [2.45, 2.75) is 19.9 Å². The molecule has 0 saturated carbocycles. The quantitative estimate of drug-likeness (QED) is 0.429. The van der Waals surface area contributed by atoms with E-state index in [1.54, 1.807) is 13.0 Å². The normalized spacial score (nSPS) is 13.8. The molecule has 1 heterocycles. The second kappa shape index (κ2) is 5.93. The van der Waals surface area contributed by atoms with Gasteiger partial charge in [0.25, 0.3) is 0 Å². The molecule has 0 N–H and O–H groups in total. The van der Waals surface area contributed by atoms with Crippen molar-refractivity contribution in [3.8, 4) is 0 Å². The molecule has 17 heavy (non-hydrogen) atoms. The molecule has 1 aromatic rings. The monoisotopic (exact) mass is 239 g/mol. The highest BCUT2D eigenvalue weighted by atomic mass is 16.5. The first-order valence-corrected chi connectivity index (χ1v) is 5.18. The molecule has 0 bridgehead atoms. The van der Waals surface area contributed by atoms with Crippen LogP contribution < -0.4 is 0 Å². The minimum atomic E-state index is -1.01. The van der Waals surface area contributed by atoms with E-state index < -0.39 is 23.7 Å². The maximum Gasteiger partial charge on any atom is 0.374 e. The lowest BCUT2D eigenvalue weighted by Crippen LogP contribution is -2.27. The van der Waals surface area contributed by atoms with Gasteiger partial charge in [0.1, 0.15) is 5.76 Å². The van der Waals surface area contributed by atoms with Gasteiger partial charge in [-0.3, -0.25) is 4.79 Å². The molecule has 0 aliphatic rings. The molecule has 0 aromatic carbocycles. The number of carbonyl (C=O) groups excluding carboxylic acids is 2. The van der Waals surface area contributed by atoms with Crippen LogP contribution in [0.5, 0.6) is 0 Å². The highest BCUT2D eigenvalue weighted by molar-refractivity contribution is 6.34. The third kappa shape index (κ3) is 2.99. The van der Waals surface area contributed by atoms with Gasteiger partial charge >= 0.3 is 5.97 Å². The largest absolute Gasteiger partial charge is 0.467 e.